The van der Waals surface area contributed by atoms with Gasteiger partial charge < -0.3 is 14.6 Å². The van der Waals surface area contributed by atoms with Gasteiger partial charge in [-0.3, -0.25) is 4.90 Å². The van der Waals surface area contributed by atoms with Gasteiger partial charge in [0, 0.05) is 13.1 Å². The fraction of sp³-hybridized carbons (Fsp3) is 0.714. The van der Waals surface area contributed by atoms with Crippen molar-refractivity contribution in [3.05, 3.63) is 23.7 Å². The van der Waals surface area contributed by atoms with Crippen LogP contribution in [0, 0.1) is 5.92 Å². The number of nitrogens with zero attached hydrogens (tertiary/aromatic N) is 2. The van der Waals surface area contributed by atoms with Gasteiger partial charge in [-0.05, 0) is 52.2 Å². The Kier molecular flexibility index (Phi) is 4.80. The SMILES string of the molecule is CNCc1ccc(CN(C)CC2CCN(C)C2)o1. The van der Waals surface area contributed by atoms with Crippen LogP contribution < -0.4 is 5.32 Å². The summed E-state index contributed by atoms with van der Waals surface area (Å²) < 4.78 is 5.77. The second kappa shape index (κ2) is 6.36. The molecule has 0 bridgehead atoms. The molecule has 0 saturated carbocycles. The maximum absolute atomic E-state index is 5.77. The van der Waals surface area contributed by atoms with Crippen LogP contribution >= 0.6 is 0 Å². The summed E-state index contributed by atoms with van der Waals surface area (Å²) in [4.78, 5) is 4.78. The van der Waals surface area contributed by atoms with Gasteiger partial charge in [0.2, 0.25) is 0 Å². The Balaban J connectivity index is 1.77. The van der Waals surface area contributed by atoms with E-state index >= 15 is 0 Å². The summed E-state index contributed by atoms with van der Waals surface area (Å²) in [6.07, 6.45) is 1.32. The summed E-state index contributed by atoms with van der Waals surface area (Å²) in [6, 6.07) is 4.15. The van der Waals surface area contributed by atoms with Crippen molar-refractivity contribution >= 4 is 0 Å². The lowest BCUT2D eigenvalue weighted by Crippen LogP contribution is -2.26. The van der Waals surface area contributed by atoms with Crippen molar-refractivity contribution in [3.63, 3.8) is 0 Å². The molecule has 0 aliphatic carbocycles. The van der Waals surface area contributed by atoms with E-state index in [0.29, 0.717) is 0 Å². The molecule has 1 fully saturated rings. The molecular weight excluding hydrogens is 226 g/mol. The maximum Gasteiger partial charge on any atom is 0.118 e. The fourth-order valence-corrected chi connectivity index (χ4v) is 2.72. The van der Waals surface area contributed by atoms with E-state index in [0.717, 1.165) is 37.1 Å². The molecule has 1 aliphatic rings. The molecule has 1 aromatic rings. The van der Waals surface area contributed by atoms with Crippen molar-refractivity contribution < 1.29 is 4.42 Å². The highest BCUT2D eigenvalue weighted by Gasteiger charge is 2.20. The number of rotatable bonds is 6. The van der Waals surface area contributed by atoms with Gasteiger partial charge in [-0.2, -0.15) is 0 Å². The summed E-state index contributed by atoms with van der Waals surface area (Å²) in [5.74, 6) is 2.89. The van der Waals surface area contributed by atoms with E-state index in [4.69, 9.17) is 4.42 Å². The molecule has 0 spiro atoms. The number of furan rings is 1. The first kappa shape index (κ1) is 13.6. The molecule has 2 rings (SSSR count). The molecule has 0 amide bonds. The first-order valence-corrected chi connectivity index (χ1v) is 6.76. The summed E-state index contributed by atoms with van der Waals surface area (Å²) in [6.45, 7) is 5.34. The molecule has 1 N–H and O–H groups in total. The van der Waals surface area contributed by atoms with Crippen LogP contribution in [0.4, 0.5) is 0 Å². The first-order valence-electron chi connectivity index (χ1n) is 6.76. The Morgan fingerprint density at radius 3 is 2.89 bits per heavy atom. The third kappa shape index (κ3) is 3.83. The Labute approximate surface area is 110 Å². The lowest BCUT2D eigenvalue weighted by atomic mass is 10.1. The summed E-state index contributed by atoms with van der Waals surface area (Å²) in [7, 11) is 6.32. The van der Waals surface area contributed by atoms with Crippen molar-refractivity contribution in [1.82, 2.24) is 15.1 Å². The Bertz CT molecular complexity index is 364. The normalized spacial score (nSPS) is 21.0. The minimum Gasteiger partial charge on any atom is -0.463 e. The van der Waals surface area contributed by atoms with E-state index in [9.17, 15) is 0 Å². The zero-order valence-corrected chi connectivity index (χ0v) is 11.8. The van der Waals surface area contributed by atoms with Crippen molar-refractivity contribution in [2.45, 2.75) is 19.5 Å². The minimum atomic E-state index is 0.803. The molecule has 1 saturated heterocycles. The molecule has 2 heterocycles. The van der Waals surface area contributed by atoms with Gasteiger partial charge in [0.15, 0.2) is 0 Å². The molecule has 1 aliphatic heterocycles. The van der Waals surface area contributed by atoms with Crippen LogP contribution in [0.15, 0.2) is 16.5 Å². The standard InChI is InChI=1S/C14H25N3O/c1-15-8-13-4-5-14(18-13)11-17(3)10-12-6-7-16(2)9-12/h4-5,12,15H,6-11H2,1-3H3. The van der Waals surface area contributed by atoms with Crippen LogP contribution in [-0.4, -0.2) is 50.6 Å². The highest BCUT2D eigenvalue weighted by Crippen LogP contribution is 2.17. The second-order valence-corrected chi connectivity index (χ2v) is 5.51. The van der Waals surface area contributed by atoms with E-state index in [1.54, 1.807) is 0 Å². The smallest absolute Gasteiger partial charge is 0.118 e. The Morgan fingerprint density at radius 1 is 1.44 bits per heavy atom. The van der Waals surface area contributed by atoms with Gasteiger partial charge in [0.1, 0.15) is 11.5 Å². The predicted octanol–water partition coefficient (Wildman–Crippen LogP) is 1.38. The molecule has 18 heavy (non-hydrogen) atoms. The molecule has 0 aromatic carbocycles. The first-order chi connectivity index (χ1) is 8.67. The van der Waals surface area contributed by atoms with Crippen molar-refractivity contribution in [1.29, 1.82) is 0 Å². The van der Waals surface area contributed by atoms with Crippen molar-refractivity contribution in [3.8, 4) is 0 Å². The van der Waals surface area contributed by atoms with Gasteiger partial charge in [-0.25, -0.2) is 0 Å². The molecule has 1 aromatic heterocycles. The lowest BCUT2D eigenvalue weighted by molar-refractivity contribution is 0.246. The third-order valence-electron chi connectivity index (χ3n) is 3.55. The molecule has 1 atom stereocenters. The number of likely N-dealkylation sites (tertiary alicyclic amines) is 1. The second-order valence-electron chi connectivity index (χ2n) is 5.51. The summed E-state index contributed by atoms with van der Waals surface area (Å²) in [5, 5.41) is 3.10. The average molecular weight is 251 g/mol. The zero-order valence-electron chi connectivity index (χ0n) is 11.8. The Hall–Kier alpha value is -0.840. The lowest BCUT2D eigenvalue weighted by Gasteiger charge is -2.19. The third-order valence-corrected chi connectivity index (χ3v) is 3.55. The zero-order chi connectivity index (χ0) is 13.0. The van der Waals surface area contributed by atoms with Gasteiger partial charge >= 0.3 is 0 Å². The van der Waals surface area contributed by atoms with Crippen LogP contribution in [0.2, 0.25) is 0 Å². The highest BCUT2D eigenvalue weighted by atomic mass is 16.3. The van der Waals surface area contributed by atoms with E-state index in [-0.39, 0.29) is 0 Å². The molecule has 4 heteroatoms. The quantitative estimate of drug-likeness (QED) is 0.828. The van der Waals surface area contributed by atoms with Crippen LogP contribution in [0.1, 0.15) is 17.9 Å². The molecular formula is C14H25N3O. The highest BCUT2D eigenvalue weighted by molar-refractivity contribution is 5.06. The number of hydrogen-bond acceptors (Lipinski definition) is 4. The van der Waals surface area contributed by atoms with Gasteiger partial charge in [0.05, 0.1) is 13.1 Å². The summed E-state index contributed by atoms with van der Waals surface area (Å²) in [5.41, 5.74) is 0. The van der Waals surface area contributed by atoms with E-state index in [1.807, 2.05) is 7.05 Å². The van der Waals surface area contributed by atoms with Crippen LogP contribution in [0.3, 0.4) is 0 Å². The average Bonchev–Trinajstić information content (AvgIpc) is 2.89. The van der Waals surface area contributed by atoms with Crippen LogP contribution in [0.5, 0.6) is 0 Å². The monoisotopic (exact) mass is 251 g/mol. The van der Waals surface area contributed by atoms with E-state index < -0.39 is 0 Å². The van der Waals surface area contributed by atoms with Crippen molar-refractivity contribution in [2.75, 3.05) is 40.8 Å². The minimum absolute atomic E-state index is 0.803. The fourth-order valence-electron chi connectivity index (χ4n) is 2.72. The largest absolute Gasteiger partial charge is 0.463 e. The van der Waals surface area contributed by atoms with Crippen LogP contribution in [0.25, 0.3) is 0 Å². The molecule has 1 unspecified atom stereocenters. The van der Waals surface area contributed by atoms with E-state index in [2.05, 4.69) is 41.3 Å². The van der Waals surface area contributed by atoms with Crippen molar-refractivity contribution in [2.24, 2.45) is 5.92 Å². The maximum atomic E-state index is 5.77. The predicted molar refractivity (Wildman–Crippen MR) is 73.4 cm³/mol. The number of nitrogens with one attached hydrogen (secondary N) is 1. The molecule has 102 valence electrons. The van der Waals surface area contributed by atoms with Gasteiger partial charge in [-0.1, -0.05) is 0 Å². The van der Waals surface area contributed by atoms with E-state index in [1.165, 1.54) is 19.5 Å². The molecule has 4 nitrogen and oxygen atoms in total. The molecule has 0 radical (unpaired) electrons. The van der Waals surface area contributed by atoms with Gasteiger partial charge in [0.25, 0.3) is 0 Å². The Morgan fingerprint density at radius 2 is 2.22 bits per heavy atom. The summed E-state index contributed by atoms with van der Waals surface area (Å²) >= 11 is 0. The van der Waals surface area contributed by atoms with Crippen LogP contribution in [-0.2, 0) is 13.1 Å². The topological polar surface area (TPSA) is 31.6 Å². The number of hydrogen-bond donors (Lipinski definition) is 1. The van der Waals surface area contributed by atoms with Gasteiger partial charge in [-0.15, -0.1) is 0 Å².